The van der Waals surface area contributed by atoms with Crippen LogP contribution in [0.25, 0.3) is 0 Å². The normalized spacial score (nSPS) is 31.4. The second-order valence-electron chi connectivity index (χ2n) is 2.99. The van der Waals surface area contributed by atoms with Gasteiger partial charge in [-0.3, -0.25) is 0 Å². The summed E-state index contributed by atoms with van der Waals surface area (Å²) >= 11 is 0. The molecule has 1 unspecified atom stereocenters. The lowest BCUT2D eigenvalue weighted by molar-refractivity contribution is 0.403. The van der Waals surface area contributed by atoms with E-state index >= 15 is 0 Å². The first-order valence-corrected chi connectivity index (χ1v) is 3.89. The van der Waals surface area contributed by atoms with E-state index in [4.69, 9.17) is 0 Å². The second kappa shape index (κ2) is 2.45. The molecule has 10 heavy (non-hydrogen) atoms. The zero-order valence-corrected chi connectivity index (χ0v) is 5.96. The smallest absolute Gasteiger partial charge is 0.0524 e. The maximum absolute atomic E-state index is 4.01. The van der Waals surface area contributed by atoms with Gasteiger partial charge in [0, 0.05) is 12.6 Å². The number of hydrogen-bond donors (Lipinski definition) is 1. The molecule has 2 nitrogen and oxygen atoms in total. The average Bonchev–Trinajstić information content (AvgIpc) is 2.59. The predicted octanol–water partition coefficient (Wildman–Crippen LogP) is 1.30. The fraction of sp³-hybridized carbons (Fsp3) is 0.625. The van der Waals surface area contributed by atoms with Crippen LogP contribution in [-0.4, -0.2) is 12.3 Å². The highest BCUT2D eigenvalue weighted by Gasteiger charge is 2.22. The van der Waals surface area contributed by atoms with Crippen LogP contribution in [0, 0.1) is 5.92 Å². The van der Waals surface area contributed by atoms with E-state index in [1.165, 1.54) is 12.8 Å². The van der Waals surface area contributed by atoms with Crippen LogP contribution in [0.5, 0.6) is 0 Å². The molecule has 2 heteroatoms. The van der Waals surface area contributed by atoms with Crippen LogP contribution in [0.2, 0.25) is 0 Å². The Balaban J connectivity index is 1.89. The molecule has 1 heterocycles. The van der Waals surface area contributed by atoms with Crippen LogP contribution in [0.15, 0.2) is 17.3 Å². The predicted molar refractivity (Wildman–Crippen MR) is 41.9 cm³/mol. The highest BCUT2D eigenvalue weighted by atomic mass is 15.3. The van der Waals surface area contributed by atoms with Crippen molar-refractivity contribution in [3.8, 4) is 0 Å². The molecule has 2 aliphatic rings. The first-order chi connectivity index (χ1) is 4.97. The summed E-state index contributed by atoms with van der Waals surface area (Å²) < 4.78 is 0. The molecule has 0 amide bonds. The van der Waals surface area contributed by atoms with E-state index in [0.717, 1.165) is 12.3 Å². The molecule has 1 N–H and O–H groups in total. The van der Waals surface area contributed by atoms with Gasteiger partial charge in [0.25, 0.3) is 0 Å². The number of nitrogens with one attached hydrogen (secondary N) is 1. The van der Waals surface area contributed by atoms with Crippen LogP contribution in [0.1, 0.15) is 19.3 Å². The lowest BCUT2D eigenvalue weighted by atomic mass is 9.96. The lowest BCUT2D eigenvalue weighted by Gasteiger charge is -2.16. The number of allylic oxidation sites excluding steroid dienone is 2. The zero-order chi connectivity index (χ0) is 6.81. The maximum Gasteiger partial charge on any atom is 0.0524 e. The third-order valence-electron chi connectivity index (χ3n) is 2.30. The Morgan fingerprint density at radius 2 is 2.00 bits per heavy atom. The summed E-state index contributed by atoms with van der Waals surface area (Å²) in [5.74, 6) is 0.808. The Bertz CT molecular complexity index is 136. The van der Waals surface area contributed by atoms with Gasteiger partial charge in [-0.25, -0.2) is 0 Å². The molecule has 0 saturated heterocycles. The molecule has 0 radical (unpaired) electrons. The molecule has 0 saturated carbocycles. The van der Waals surface area contributed by atoms with E-state index in [0.29, 0.717) is 6.04 Å². The fourth-order valence-corrected chi connectivity index (χ4v) is 1.63. The largest absolute Gasteiger partial charge is 0.307 e. The van der Waals surface area contributed by atoms with Crippen molar-refractivity contribution in [1.82, 2.24) is 5.43 Å². The molecule has 1 aliphatic carbocycles. The van der Waals surface area contributed by atoms with Crippen molar-refractivity contribution in [3.05, 3.63) is 12.2 Å². The number of rotatable bonds is 1. The van der Waals surface area contributed by atoms with Gasteiger partial charge in [-0.05, 0) is 18.8 Å². The Morgan fingerprint density at radius 1 is 1.20 bits per heavy atom. The van der Waals surface area contributed by atoms with Gasteiger partial charge in [0.05, 0.1) is 6.04 Å². The molecule has 0 fully saturated rings. The van der Waals surface area contributed by atoms with Crippen molar-refractivity contribution in [2.24, 2.45) is 11.0 Å². The summed E-state index contributed by atoms with van der Waals surface area (Å²) in [7, 11) is 0. The first-order valence-electron chi connectivity index (χ1n) is 3.89. The first kappa shape index (κ1) is 5.96. The van der Waals surface area contributed by atoms with E-state index in [-0.39, 0.29) is 0 Å². The van der Waals surface area contributed by atoms with E-state index in [9.17, 15) is 0 Å². The summed E-state index contributed by atoms with van der Waals surface area (Å²) in [5, 5.41) is 4.01. The molecule has 1 aliphatic heterocycles. The van der Waals surface area contributed by atoms with Crippen molar-refractivity contribution in [2.45, 2.75) is 25.3 Å². The van der Waals surface area contributed by atoms with Crippen LogP contribution in [-0.2, 0) is 0 Å². The quantitative estimate of drug-likeness (QED) is 0.540. The van der Waals surface area contributed by atoms with Crippen LogP contribution < -0.4 is 5.43 Å². The van der Waals surface area contributed by atoms with Gasteiger partial charge in [-0.15, -0.1) is 0 Å². The minimum absolute atomic E-state index is 0.620. The van der Waals surface area contributed by atoms with E-state index in [2.05, 4.69) is 22.7 Å². The van der Waals surface area contributed by atoms with Gasteiger partial charge in [0.15, 0.2) is 0 Å². The lowest BCUT2D eigenvalue weighted by Crippen LogP contribution is -2.27. The number of nitrogens with zero attached hydrogens (tertiary/aromatic N) is 1. The van der Waals surface area contributed by atoms with Crippen molar-refractivity contribution < 1.29 is 0 Å². The van der Waals surface area contributed by atoms with Gasteiger partial charge >= 0.3 is 0 Å². The van der Waals surface area contributed by atoms with Gasteiger partial charge < -0.3 is 5.43 Å². The van der Waals surface area contributed by atoms with E-state index < -0.39 is 0 Å². The number of hydrazone groups is 1. The Morgan fingerprint density at radius 3 is 2.60 bits per heavy atom. The minimum Gasteiger partial charge on any atom is -0.307 e. The standard InChI is InChI=1S/C8H12N2/c1-2-4-7(3-1)8-5-6-9-10-8/h1-2,6-8,10H,3-5H2. The maximum atomic E-state index is 4.01. The topological polar surface area (TPSA) is 24.4 Å². The van der Waals surface area contributed by atoms with Crippen LogP contribution >= 0.6 is 0 Å². The van der Waals surface area contributed by atoms with E-state index in [1.807, 2.05) is 6.21 Å². The van der Waals surface area contributed by atoms with Crippen LogP contribution in [0.3, 0.4) is 0 Å². The molecule has 0 aromatic rings. The summed E-state index contributed by atoms with van der Waals surface area (Å²) in [6.07, 6.45) is 10.1. The molecule has 2 rings (SSSR count). The van der Waals surface area contributed by atoms with Gasteiger partial charge in [-0.1, -0.05) is 12.2 Å². The average molecular weight is 136 g/mol. The van der Waals surface area contributed by atoms with Crippen molar-refractivity contribution in [1.29, 1.82) is 0 Å². The van der Waals surface area contributed by atoms with Gasteiger partial charge in [-0.2, -0.15) is 5.10 Å². The van der Waals surface area contributed by atoms with Crippen molar-refractivity contribution in [2.75, 3.05) is 0 Å². The van der Waals surface area contributed by atoms with Crippen molar-refractivity contribution in [3.63, 3.8) is 0 Å². The molecule has 0 aromatic carbocycles. The van der Waals surface area contributed by atoms with Crippen LogP contribution in [0.4, 0.5) is 0 Å². The second-order valence-corrected chi connectivity index (χ2v) is 2.99. The highest BCUT2D eigenvalue weighted by Crippen LogP contribution is 2.24. The number of hydrogen-bond acceptors (Lipinski definition) is 2. The molecule has 0 spiro atoms. The SMILES string of the molecule is C1=CCC(C2CC=NN2)C1. The summed E-state index contributed by atoms with van der Waals surface area (Å²) in [6.45, 7) is 0. The zero-order valence-electron chi connectivity index (χ0n) is 5.96. The molecule has 0 bridgehead atoms. The summed E-state index contributed by atoms with van der Waals surface area (Å²) in [6, 6.07) is 0.620. The molecule has 0 aromatic heterocycles. The Labute approximate surface area is 61.0 Å². The molecule has 54 valence electrons. The Hall–Kier alpha value is -0.790. The third kappa shape index (κ3) is 0.939. The molecule has 1 atom stereocenters. The monoisotopic (exact) mass is 136 g/mol. The Kier molecular flexibility index (Phi) is 1.46. The third-order valence-corrected chi connectivity index (χ3v) is 2.30. The van der Waals surface area contributed by atoms with E-state index in [1.54, 1.807) is 0 Å². The molecular formula is C8H12N2. The summed E-state index contributed by atoms with van der Waals surface area (Å²) in [5.41, 5.74) is 3.13. The van der Waals surface area contributed by atoms with Crippen molar-refractivity contribution >= 4 is 6.21 Å². The molecular weight excluding hydrogens is 124 g/mol. The van der Waals surface area contributed by atoms with Gasteiger partial charge in [0.1, 0.15) is 0 Å². The minimum atomic E-state index is 0.620. The van der Waals surface area contributed by atoms with Gasteiger partial charge in [0.2, 0.25) is 0 Å². The summed E-state index contributed by atoms with van der Waals surface area (Å²) in [4.78, 5) is 0. The highest BCUT2D eigenvalue weighted by molar-refractivity contribution is 5.59. The fourth-order valence-electron chi connectivity index (χ4n) is 1.63.